The normalized spacial score (nSPS) is 15.2. The number of halogens is 2. The van der Waals surface area contributed by atoms with Crippen molar-refractivity contribution in [3.8, 4) is 5.75 Å². The number of Topliss-reactive ketones (excluding diaryl/α,β-unsaturated/α-hetero) is 1. The van der Waals surface area contributed by atoms with Gasteiger partial charge in [0.05, 0.1) is 6.04 Å². The third-order valence-electron chi connectivity index (χ3n) is 4.09. The molecule has 0 bridgehead atoms. The molecule has 1 atom stereocenters. The first kappa shape index (κ1) is 16.4. The van der Waals surface area contributed by atoms with E-state index in [-0.39, 0.29) is 24.9 Å². The van der Waals surface area contributed by atoms with Gasteiger partial charge in [0.15, 0.2) is 5.78 Å². The van der Waals surface area contributed by atoms with Crippen molar-refractivity contribution in [1.29, 1.82) is 0 Å². The second-order valence-electron chi connectivity index (χ2n) is 6.10. The Kier molecular flexibility index (Phi) is 4.79. The summed E-state index contributed by atoms with van der Waals surface area (Å²) in [6, 6.07) is 13.5. The summed E-state index contributed by atoms with van der Waals surface area (Å²) in [6.07, 6.45) is 1.98. The average Bonchev–Trinajstić information content (AvgIpc) is 3.38. The molecular formula is C19H21F2NO2. The van der Waals surface area contributed by atoms with Gasteiger partial charge >= 0.3 is 6.61 Å². The van der Waals surface area contributed by atoms with Crippen LogP contribution in [0.15, 0.2) is 48.5 Å². The van der Waals surface area contributed by atoms with Crippen LogP contribution in [0.4, 0.5) is 14.5 Å². The van der Waals surface area contributed by atoms with Crippen LogP contribution in [0.25, 0.3) is 0 Å². The van der Waals surface area contributed by atoms with E-state index in [0.717, 1.165) is 24.1 Å². The number of carbonyl (C=O) groups excluding carboxylic acids is 1. The quantitative estimate of drug-likeness (QED) is 0.731. The molecule has 1 fully saturated rings. The summed E-state index contributed by atoms with van der Waals surface area (Å²) in [5.41, 5.74) is 2.40. The largest absolute Gasteiger partial charge is 0.435 e. The number of benzene rings is 2. The standard InChI is InChI=1S/C19H19F2NO2.H2/c1-12-5-9-15(10-6-12)22-17(13-7-8-13)18(23)14-3-2-4-16(11-14)24-19(20)21;/h2-6,9-11,13,17,19,22H,7-8H2,1H3;1H. The number of nitrogens with one attached hydrogen (secondary N) is 1. The summed E-state index contributed by atoms with van der Waals surface area (Å²) in [5, 5.41) is 3.29. The third kappa shape index (κ3) is 4.10. The van der Waals surface area contributed by atoms with Gasteiger partial charge in [0.2, 0.25) is 0 Å². The van der Waals surface area contributed by atoms with E-state index >= 15 is 0 Å². The summed E-state index contributed by atoms with van der Waals surface area (Å²) < 4.78 is 29.1. The summed E-state index contributed by atoms with van der Waals surface area (Å²) in [5.74, 6) is 0.178. The number of aryl methyl sites for hydroxylation is 1. The SMILES string of the molecule is Cc1ccc(NC(C(=O)c2cccc(OC(F)F)c2)C2CC2)cc1.[HH]. The molecule has 0 heterocycles. The van der Waals surface area contributed by atoms with E-state index in [9.17, 15) is 13.6 Å². The van der Waals surface area contributed by atoms with Crippen molar-refractivity contribution in [3.05, 3.63) is 59.7 Å². The molecule has 1 saturated carbocycles. The lowest BCUT2D eigenvalue weighted by atomic mass is 9.99. The number of alkyl halides is 2. The molecule has 0 aromatic heterocycles. The minimum Gasteiger partial charge on any atom is -0.435 e. The Bertz CT molecular complexity index is 718. The maximum absolute atomic E-state index is 12.8. The Labute approximate surface area is 141 Å². The Morgan fingerprint density at radius 1 is 1.21 bits per heavy atom. The molecule has 5 heteroatoms. The highest BCUT2D eigenvalue weighted by molar-refractivity contribution is 6.02. The Morgan fingerprint density at radius 3 is 2.54 bits per heavy atom. The molecule has 1 N–H and O–H groups in total. The van der Waals surface area contributed by atoms with Crippen molar-refractivity contribution in [3.63, 3.8) is 0 Å². The van der Waals surface area contributed by atoms with Crippen LogP contribution in [0.2, 0.25) is 0 Å². The highest BCUT2D eigenvalue weighted by Gasteiger charge is 2.36. The van der Waals surface area contributed by atoms with Gasteiger partial charge in [-0.15, -0.1) is 0 Å². The van der Waals surface area contributed by atoms with E-state index in [1.54, 1.807) is 12.1 Å². The minimum atomic E-state index is -2.90. The summed E-state index contributed by atoms with van der Waals surface area (Å²) >= 11 is 0. The lowest BCUT2D eigenvalue weighted by Gasteiger charge is -2.19. The fourth-order valence-corrected chi connectivity index (χ4v) is 2.66. The van der Waals surface area contributed by atoms with Crippen molar-refractivity contribution >= 4 is 11.5 Å². The zero-order valence-corrected chi connectivity index (χ0v) is 13.3. The zero-order chi connectivity index (χ0) is 17.1. The molecule has 24 heavy (non-hydrogen) atoms. The number of carbonyl (C=O) groups is 1. The second-order valence-corrected chi connectivity index (χ2v) is 6.10. The fraction of sp³-hybridized carbons (Fsp3) is 0.316. The minimum absolute atomic E-state index is 0. The van der Waals surface area contributed by atoms with E-state index in [1.165, 1.54) is 12.1 Å². The number of ether oxygens (including phenoxy) is 1. The van der Waals surface area contributed by atoms with Crippen molar-refractivity contribution < 1.29 is 19.7 Å². The molecule has 3 rings (SSSR count). The first-order chi connectivity index (χ1) is 11.5. The lowest BCUT2D eigenvalue weighted by molar-refractivity contribution is -0.0498. The van der Waals surface area contributed by atoms with Gasteiger partial charge < -0.3 is 10.1 Å². The van der Waals surface area contributed by atoms with E-state index in [0.29, 0.717) is 5.56 Å². The summed E-state index contributed by atoms with van der Waals surface area (Å²) in [6.45, 7) is -0.901. The Hall–Kier alpha value is -2.43. The van der Waals surface area contributed by atoms with Crippen molar-refractivity contribution in [1.82, 2.24) is 0 Å². The predicted octanol–water partition coefficient (Wildman–Crippen LogP) is 4.92. The number of anilines is 1. The Balaban J connectivity index is 0.00000225. The zero-order valence-electron chi connectivity index (χ0n) is 13.3. The molecule has 0 saturated heterocycles. The maximum Gasteiger partial charge on any atom is 0.387 e. The molecule has 2 aromatic carbocycles. The molecule has 0 radical (unpaired) electrons. The molecular weight excluding hydrogens is 312 g/mol. The van der Waals surface area contributed by atoms with Crippen LogP contribution in [0.1, 0.15) is 30.2 Å². The van der Waals surface area contributed by atoms with Crippen LogP contribution in [0.5, 0.6) is 5.75 Å². The number of ketones is 1. The second kappa shape index (κ2) is 6.99. The van der Waals surface area contributed by atoms with Gasteiger partial charge in [-0.2, -0.15) is 8.78 Å². The van der Waals surface area contributed by atoms with Crippen LogP contribution in [-0.4, -0.2) is 18.4 Å². The van der Waals surface area contributed by atoms with Crippen LogP contribution in [0, 0.1) is 12.8 Å². The number of rotatable bonds is 7. The van der Waals surface area contributed by atoms with Gasteiger partial charge in [0.1, 0.15) is 5.75 Å². The average molecular weight is 333 g/mol. The number of hydrogen-bond acceptors (Lipinski definition) is 3. The van der Waals surface area contributed by atoms with Crippen LogP contribution >= 0.6 is 0 Å². The van der Waals surface area contributed by atoms with Crippen LogP contribution < -0.4 is 10.1 Å². The first-order valence-corrected chi connectivity index (χ1v) is 7.95. The van der Waals surface area contributed by atoms with E-state index in [2.05, 4.69) is 10.1 Å². The van der Waals surface area contributed by atoms with Gasteiger partial charge in [-0.1, -0.05) is 29.8 Å². The fourth-order valence-electron chi connectivity index (χ4n) is 2.66. The molecule has 1 aliphatic carbocycles. The summed E-state index contributed by atoms with van der Waals surface area (Å²) in [4.78, 5) is 12.8. The van der Waals surface area contributed by atoms with Gasteiger partial charge in [-0.3, -0.25) is 4.79 Å². The van der Waals surface area contributed by atoms with Gasteiger partial charge in [0.25, 0.3) is 0 Å². The van der Waals surface area contributed by atoms with Gasteiger partial charge in [-0.25, -0.2) is 0 Å². The van der Waals surface area contributed by atoms with E-state index < -0.39 is 6.61 Å². The highest BCUT2D eigenvalue weighted by Crippen LogP contribution is 2.36. The van der Waals surface area contributed by atoms with Gasteiger partial charge in [-0.05, 0) is 49.9 Å². The van der Waals surface area contributed by atoms with E-state index in [4.69, 9.17) is 0 Å². The Morgan fingerprint density at radius 2 is 1.92 bits per heavy atom. The van der Waals surface area contributed by atoms with E-state index in [1.807, 2.05) is 31.2 Å². The van der Waals surface area contributed by atoms with Crippen LogP contribution in [0.3, 0.4) is 0 Å². The monoisotopic (exact) mass is 333 g/mol. The highest BCUT2D eigenvalue weighted by atomic mass is 19.3. The van der Waals surface area contributed by atoms with Crippen LogP contribution in [-0.2, 0) is 0 Å². The third-order valence-corrected chi connectivity index (χ3v) is 4.09. The van der Waals surface area contributed by atoms with Crippen molar-refractivity contribution in [2.45, 2.75) is 32.4 Å². The summed E-state index contributed by atoms with van der Waals surface area (Å²) in [7, 11) is 0. The molecule has 1 unspecified atom stereocenters. The predicted molar refractivity (Wildman–Crippen MR) is 90.8 cm³/mol. The molecule has 128 valence electrons. The molecule has 2 aromatic rings. The number of hydrogen-bond donors (Lipinski definition) is 1. The molecule has 3 nitrogen and oxygen atoms in total. The van der Waals surface area contributed by atoms with Crippen molar-refractivity contribution in [2.75, 3.05) is 5.32 Å². The molecule has 0 spiro atoms. The molecule has 0 aliphatic heterocycles. The lowest BCUT2D eigenvalue weighted by Crippen LogP contribution is -2.31. The van der Waals surface area contributed by atoms with Crippen molar-refractivity contribution in [2.24, 2.45) is 5.92 Å². The molecule has 1 aliphatic rings. The smallest absolute Gasteiger partial charge is 0.387 e. The molecule has 0 amide bonds. The first-order valence-electron chi connectivity index (χ1n) is 7.95. The maximum atomic E-state index is 12.8. The topological polar surface area (TPSA) is 38.3 Å². The van der Waals surface area contributed by atoms with Gasteiger partial charge in [0, 0.05) is 12.7 Å².